The van der Waals surface area contributed by atoms with Crippen LogP contribution in [-0.2, 0) is 11.2 Å². The molecule has 1 heterocycles. The van der Waals surface area contributed by atoms with Crippen LogP contribution in [0.5, 0.6) is 5.75 Å². The summed E-state index contributed by atoms with van der Waals surface area (Å²) in [6, 6.07) is 16.1. The number of carbonyl (C=O) groups is 2. The Morgan fingerprint density at radius 1 is 1.07 bits per heavy atom. The summed E-state index contributed by atoms with van der Waals surface area (Å²) in [7, 11) is 1.74. The van der Waals surface area contributed by atoms with E-state index < -0.39 is 0 Å². The molecule has 3 rings (SSSR count). The SMILES string of the molecule is CCC(=O)N(C)c1ccc(-c2ccc(C(=O)CCc3cccnc3Cl)c(O)c2)cc1. The predicted octanol–water partition coefficient (Wildman–Crippen LogP) is 5.30. The van der Waals surface area contributed by atoms with Crippen LogP contribution in [0.15, 0.2) is 60.8 Å². The number of pyridine rings is 1. The maximum absolute atomic E-state index is 12.5. The molecular formula is C24H23ClN2O3. The number of Topliss-reactive ketones (excluding diaryl/α,β-unsaturated/α-hetero) is 1. The number of carbonyl (C=O) groups excluding carboxylic acids is 2. The molecule has 0 spiro atoms. The van der Waals surface area contributed by atoms with Gasteiger partial charge in [0.25, 0.3) is 0 Å². The Bertz CT molecular complexity index is 1060. The standard InChI is InChI=1S/C24H23ClN2O3/c1-3-23(30)27(2)19-10-6-16(7-11-19)18-8-12-20(22(29)15-18)21(28)13-9-17-5-4-14-26-24(17)25/h4-8,10-12,14-15,29H,3,9,13H2,1-2H3. The zero-order chi connectivity index (χ0) is 21.7. The van der Waals surface area contributed by atoms with Crippen molar-refractivity contribution < 1.29 is 14.7 Å². The highest BCUT2D eigenvalue weighted by Crippen LogP contribution is 2.29. The van der Waals surface area contributed by atoms with Gasteiger partial charge < -0.3 is 10.0 Å². The molecule has 0 aliphatic heterocycles. The second kappa shape index (κ2) is 9.55. The van der Waals surface area contributed by atoms with Crippen LogP contribution in [0.1, 0.15) is 35.7 Å². The molecule has 0 fully saturated rings. The molecule has 0 saturated carbocycles. The number of amides is 1. The van der Waals surface area contributed by atoms with Crippen LogP contribution in [0.4, 0.5) is 5.69 Å². The van der Waals surface area contributed by atoms with Gasteiger partial charge in [-0.1, -0.05) is 42.8 Å². The lowest BCUT2D eigenvalue weighted by molar-refractivity contribution is -0.118. The van der Waals surface area contributed by atoms with E-state index in [9.17, 15) is 14.7 Å². The van der Waals surface area contributed by atoms with Crippen molar-refractivity contribution in [2.45, 2.75) is 26.2 Å². The van der Waals surface area contributed by atoms with E-state index in [4.69, 9.17) is 11.6 Å². The molecule has 154 valence electrons. The van der Waals surface area contributed by atoms with Crippen molar-refractivity contribution in [1.29, 1.82) is 0 Å². The van der Waals surface area contributed by atoms with Crippen molar-refractivity contribution in [3.63, 3.8) is 0 Å². The molecule has 5 nitrogen and oxygen atoms in total. The lowest BCUT2D eigenvalue weighted by Gasteiger charge is -2.17. The van der Waals surface area contributed by atoms with E-state index in [-0.39, 0.29) is 29.4 Å². The normalized spacial score (nSPS) is 10.6. The van der Waals surface area contributed by atoms with Gasteiger partial charge in [-0.2, -0.15) is 0 Å². The molecule has 1 amide bonds. The first-order chi connectivity index (χ1) is 14.4. The number of benzene rings is 2. The number of anilines is 1. The molecule has 1 N–H and O–H groups in total. The maximum Gasteiger partial charge on any atom is 0.226 e. The fraction of sp³-hybridized carbons (Fsp3) is 0.208. The van der Waals surface area contributed by atoms with Crippen molar-refractivity contribution in [1.82, 2.24) is 4.98 Å². The molecule has 0 unspecified atom stereocenters. The summed E-state index contributed by atoms with van der Waals surface area (Å²) in [6.07, 6.45) is 2.72. The Balaban J connectivity index is 1.72. The Morgan fingerprint density at radius 3 is 2.40 bits per heavy atom. The minimum atomic E-state index is -0.158. The van der Waals surface area contributed by atoms with Gasteiger partial charge in [0.1, 0.15) is 10.9 Å². The number of rotatable bonds is 7. The van der Waals surface area contributed by atoms with Crippen LogP contribution in [-0.4, -0.2) is 28.8 Å². The fourth-order valence-electron chi connectivity index (χ4n) is 3.19. The summed E-state index contributed by atoms with van der Waals surface area (Å²) in [6.45, 7) is 1.82. The fourth-order valence-corrected chi connectivity index (χ4v) is 3.41. The van der Waals surface area contributed by atoms with Crippen LogP contribution in [0.3, 0.4) is 0 Å². The average molecular weight is 423 g/mol. The summed E-state index contributed by atoms with van der Waals surface area (Å²) >= 11 is 6.04. The first-order valence-electron chi connectivity index (χ1n) is 9.73. The number of hydrogen-bond donors (Lipinski definition) is 1. The maximum atomic E-state index is 12.5. The third kappa shape index (κ3) is 4.86. The first-order valence-corrected chi connectivity index (χ1v) is 10.1. The monoisotopic (exact) mass is 422 g/mol. The highest BCUT2D eigenvalue weighted by atomic mass is 35.5. The molecule has 3 aromatic rings. The second-order valence-corrected chi connectivity index (χ2v) is 7.32. The number of aromatic nitrogens is 1. The van der Waals surface area contributed by atoms with E-state index in [0.717, 1.165) is 22.4 Å². The summed E-state index contributed by atoms with van der Waals surface area (Å²) in [4.78, 5) is 30.0. The molecule has 2 aromatic carbocycles. The van der Waals surface area contributed by atoms with Gasteiger partial charge in [-0.25, -0.2) is 4.98 Å². The van der Waals surface area contributed by atoms with E-state index in [0.29, 0.717) is 18.0 Å². The predicted molar refractivity (Wildman–Crippen MR) is 119 cm³/mol. The van der Waals surface area contributed by atoms with Gasteiger partial charge in [0.15, 0.2) is 5.78 Å². The van der Waals surface area contributed by atoms with Crippen LogP contribution in [0, 0.1) is 0 Å². The van der Waals surface area contributed by atoms with Crippen molar-refractivity contribution in [2.75, 3.05) is 11.9 Å². The van der Waals surface area contributed by atoms with Gasteiger partial charge in [-0.3, -0.25) is 9.59 Å². The van der Waals surface area contributed by atoms with E-state index >= 15 is 0 Å². The van der Waals surface area contributed by atoms with Gasteiger partial charge in [0.05, 0.1) is 5.56 Å². The smallest absolute Gasteiger partial charge is 0.226 e. The number of nitrogens with zero attached hydrogens (tertiary/aromatic N) is 2. The number of aryl methyl sites for hydroxylation is 1. The van der Waals surface area contributed by atoms with Crippen molar-refractivity contribution in [3.8, 4) is 16.9 Å². The van der Waals surface area contributed by atoms with Crippen LogP contribution in [0.2, 0.25) is 5.15 Å². The summed E-state index contributed by atoms with van der Waals surface area (Å²) in [5, 5.41) is 10.8. The number of phenols is 1. The van der Waals surface area contributed by atoms with E-state index in [1.54, 1.807) is 42.4 Å². The zero-order valence-corrected chi connectivity index (χ0v) is 17.7. The number of aromatic hydroxyl groups is 1. The van der Waals surface area contributed by atoms with E-state index in [2.05, 4.69) is 4.98 Å². The minimum Gasteiger partial charge on any atom is -0.507 e. The number of ketones is 1. The second-order valence-electron chi connectivity index (χ2n) is 6.96. The molecule has 6 heteroatoms. The highest BCUT2D eigenvalue weighted by molar-refractivity contribution is 6.30. The third-order valence-electron chi connectivity index (χ3n) is 5.02. The molecule has 0 aliphatic rings. The third-order valence-corrected chi connectivity index (χ3v) is 5.36. The van der Waals surface area contributed by atoms with E-state index in [1.165, 1.54) is 0 Å². The highest BCUT2D eigenvalue weighted by Gasteiger charge is 2.14. The number of phenolic OH excluding ortho intramolecular Hbond substituents is 1. The van der Waals surface area contributed by atoms with Crippen molar-refractivity contribution >= 4 is 29.0 Å². The van der Waals surface area contributed by atoms with Gasteiger partial charge in [0, 0.05) is 31.8 Å². The van der Waals surface area contributed by atoms with Gasteiger partial charge >= 0.3 is 0 Å². The molecule has 0 radical (unpaired) electrons. The lowest BCUT2D eigenvalue weighted by Crippen LogP contribution is -2.24. The van der Waals surface area contributed by atoms with Gasteiger partial charge in [0.2, 0.25) is 5.91 Å². The van der Waals surface area contributed by atoms with Crippen molar-refractivity contribution in [2.24, 2.45) is 0 Å². The number of halogens is 1. The van der Waals surface area contributed by atoms with Gasteiger partial charge in [-0.15, -0.1) is 0 Å². The Kier molecular flexibility index (Phi) is 6.85. The average Bonchev–Trinajstić information content (AvgIpc) is 2.77. The van der Waals surface area contributed by atoms with Gasteiger partial charge in [-0.05, 0) is 53.4 Å². The Morgan fingerprint density at radius 2 is 1.77 bits per heavy atom. The molecule has 30 heavy (non-hydrogen) atoms. The Hall–Kier alpha value is -3.18. The molecule has 0 bridgehead atoms. The van der Waals surface area contributed by atoms with Crippen LogP contribution < -0.4 is 4.90 Å². The summed E-state index contributed by atoms with van der Waals surface area (Å²) < 4.78 is 0. The minimum absolute atomic E-state index is 0.0378. The molecule has 0 aliphatic carbocycles. The quantitative estimate of drug-likeness (QED) is 0.414. The van der Waals surface area contributed by atoms with Crippen LogP contribution >= 0.6 is 11.6 Å². The summed E-state index contributed by atoms with van der Waals surface area (Å²) in [5.41, 5.74) is 3.55. The van der Waals surface area contributed by atoms with Crippen molar-refractivity contribution in [3.05, 3.63) is 77.1 Å². The first kappa shape index (κ1) is 21.5. The molecule has 1 aromatic heterocycles. The molecular weight excluding hydrogens is 400 g/mol. The summed E-state index contributed by atoms with van der Waals surface area (Å²) in [5.74, 6) is -0.179. The molecule has 0 saturated heterocycles. The van der Waals surface area contributed by atoms with Crippen LogP contribution in [0.25, 0.3) is 11.1 Å². The number of hydrogen-bond acceptors (Lipinski definition) is 4. The zero-order valence-electron chi connectivity index (χ0n) is 16.9. The largest absolute Gasteiger partial charge is 0.507 e. The lowest BCUT2D eigenvalue weighted by atomic mass is 9.98. The topological polar surface area (TPSA) is 70.5 Å². The van der Waals surface area contributed by atoms with E-state index in [1.807, 2.05) is 37.3 Å². The Labute approximate surface area is 181 Å². The molecule has 0 atom stereocenters.